The van der Waals surface area contributed by atoms with Crippen LogP contribution in [0.15, 0.2) is 11.6 Å². The lowest BCUT2D eigenvalue weighted by molar-refractivity contribution is -0.137. The molecule has 0 aromatic heterocycles. The average Bonchev–Trinajstić information content (AvgIpc) is 2.91. The van der Waals surface area contributed by atoms with Crippen LogP contribution < -0.4 is 0 Å². The third-order valence-electron chi connectivity index (χ3n) is 3.72. The van der Waals surface area contributed by atoms with Crippen LogP contribution in [-0.2, 0) is 14.3 Å². The summed E-state index contributed by atoms with van der Waals surface area (Å²) in [5.41, 5.74) is 0.465. The Kier molecular flexibility index (Phi) is 7.59. The van der Waals surface area contributed by atoms with Gasteiger partial charge in [0.1, 0.15) is 5.60 Å². The fourth-order valence-electron chi connectivity index (χ4n) is 2.74. The molecule has 0 aliphatic carbocycles. The summed E-state index contributed by atoms with van der Waals surface area (Å²) in [7, 11) is 0. The Balaban J connectivity index is 2.90. The van der Waals surface area contributed by atoms with Crippen molar-refractivity contribution in [3.8, 4) is 0 Å². The second-order valence-electron chi connectivity index (χ2n) is 6.91. The molecule has 0 saturated carbocycles. The highest BCUT2D eigenvalue weighted by Crippen LogP contribution is 2.28. The Labute approximate surface area is 140 Å². The van der Waals surface area contributed by atoms with E-state index < -0.39 is 5.60 Å². The van der Waals surface area contributed by atoms with E-state index in [1.165, 1.54) is 0 Å². The summed E-state index contributed by atoms with van der Waals surface area (Å²) in [4.78, 5) is 26.0. The lowest BCUT2D eigenvalue weighted by Gasteiger charge is -2.30. The molecule has 1 atom stereocenters. The Morgan fingerprint density at radius 2 is 1.96 bits per heavy atom. The van der Waals surface area contributed by atoms with Crippen molar-refractivity contribution in [1.82, 2.24) is 4.90 Å². The zero-order chi connectivity index (χ0) is 17.5. The minimum Gasteiger partial charge on any atom is -0.463 e. The molecule has 1 rings (SSSR count). The van der Waals surface area contributed by atoms with Crippen LogP contribution in [0.3, 0.4) is 0 Å². The highest BCUT2D eigenvalue weighted by Gasteiger charge is 2.34. The van der Waals surface area contributed by atoms with Crippen molar-refractivity contribution in [1.29, 1.82) is 0 Å². The number of likely N-dealkylation sites (tertiary alicyclic amines) is 1. The lowest BCUT2D eigenvalue weighted by Crippen LogP contribution is -2.40. The van der Waals surface area contributed by atoms with Crippen molar-refractivity contribution >= 4 is 12.1 Å². The monoisotopic (exact) mass is 325 g/mol. The van der Waals surface area contributed by atoms with Crippen LogP contribution in [-0.4, -0.2) is 41.8 Å². The quantitative estimate of drug-likeness (QED) is 0.546. The number of rotatable bonds is 6. The van der Waals surface area contributed by atoms with E-state index in [9.17, 15) is 9.59 Å². The number of ether oxygens (including phenoxy) is 2. The molecule has 1 aliphatic heterocycles. The van der Waals surface area contributed by atoms with E-state index in [-0.39, 0.29) is 18.1 Å². The zero-order valence-corrected chi connectivity index (χ0v) is 15.2. The molecule has 0 spiro atoms. The molecule has 0 N–H and O–H groups in total. The predicted octanol–water partition coefficient (Wildman–Crippen LogP) is 4.07. The highest BCUT2D eigenvalue weighted by atomic mass is 16.6. The number of esters is 1. The Morgan fingerprint density at radius 1 is 1.26 bits per heavy atom. The van der Waals surface area contributed by atoms with Gasteiger partial charge in [0.2, 0.25) is 0 Å². The van der Waals surface area contributed by atoms with Crippen LogP contribution in [0.5, 0.6) is 0 Å². The first kappa shape index (κ1) is 19.5. The van der Waals surface area contributed by atoms with Gasteiger partial charge in [0.25, 0.3) is 0 Å². The number of hydrogen-bond acceptors (Lipinski definition) is 4. The van der Waals surface area contributed by atoms with E-state index >= 15 is 0 Å². The van der Waals surface area contributed by atoms with E-state index in [0.29, 0.717) is 13.2 Å². The molecule has 132 valence electrons. The number of amides is 1. The SMILES string of the molecule is CCCC/C(=C\C(=O)OCC)[C@H]1CCCN1C(=O)OC(C)(C)C. The van der Waals surface area contributed by atoms with E-state index in [1.807, 2.05) is 20.8 Å². The van der Waals surface area contributed by atoms with Crippen LogP contribution in [0.2, 0.25) is 0 Å². The summed E-state index contributed by atoms with van der Waals surface area (Å²) in [6, 6.07) is -0.0548. The molecule has 0 bridgehead atoms. The molecule has 23 heavy (non-hydrogen) atoms. The van der Waals surface area contributed by atoms with Gasteiger partial charge >= 0.3 is 12.1 Å². The fraction of sp³-hybridized carbons (Fsp3) is 0.778. The van der Waals surface area contributed by atoms with Crippen molar-refractivity contribution in [2.75, 3.05) is 13.2 Å². The van der Waals surface area contributed by atoms with Gasteiger partial charge < -0.3 is 14.4 Å². The summed E-state index contributed by atoms with van der Waals surface area (Å²) >= 11 is 0. The Bertz CT molecular complexity index is 437. The molecule has 1 fully saturated rings. The normalized spacial score (nSPS) is 18.9. The largest absolute Gasteiger partial charge is 0.463 e. The summed E-state index contributed by atoms with van der Waals surface area (Å²) in [5.74, 6) is -0.324. The fourth-order valence-corrected chi connectivity index (χ4v) is 2.74. The van der Waals surface area contributed by atoms with Gasteiger partial charge in [-0.25, -0.2) is 9.59 Å². The molecule has 1 aliphatic rings. The molecule has 0 aromatic carbocycles. The third-order valence-corrected chi connectivity index (χ3v) is 3.72. The van der Waals surface area contributed by atoms with Crippen LogP contribution in [0.4, 0.5) is 4.79 Å². The second kappa shape index (κ2) is 8.94. The van der Waals surface area contributed by atoms with Gasteiger partial charge in [0.05, 0.1) is 12.6 Å². The standard InChI is InChI=1S/C18H31NO4/c1-6-8-10-14(13-16(20)22-7-2)15-11-9-12-19(15)17(21)23-18(3,4)5/h13,15H,6-12H2,1-5H3/b14-13+/t15-/m1/s1. The minimum absolute atomic E-state index is 0.0548. The van der Waals surface area contributed by atoms with E-state index in [2.05, 4.69) is 6.92 Å². The molecule has 0 radical (unpaired) electrons. The smallest absolute Gasteiger partial charge is 0.410 e. The maximum absolute atomic E-state index is 12.4. The number of carbonyl (C=O) groups is 2. The van der Waals surface area contributed by atoms with Gasteiger partial charge in [0.15, 0.2) is 0 Å². The molecule has 1 heterocycles. The molecule has 1 amide bonds. The topological polar surface area (TPSA) is 55.8 Å². The molecule has 0 unspecified atom stereocenters. The van der Waals surface area contributed by atoms with Crippen molar-refractivity contribution in [3.63, 3.8) is 0 Å². The number of nitrogens with zero attached hydrogens (tertiary/aromatic N) is 1. The summed E-state index contributed by atoms with van der Waals surface area (Å²) in [5, 5.41) is 0. The number of carbonyl (C=O) groups excluding carboxylic acids is 2. The first-order chi connectivity index (χ1) is 10.8. The minimum atomic E-state index is -0.515. The average molecular weight is 325 g/mol. The predicted molar refractivity (Wildman–Crippen MR) is 90.2 cm³/mol. The Hall–Kier alpha value is -1.52. The summed E-state index contributed by atoms with van der Waals surface area (Å²) < 4.78 is 10.5. The lowest BCUT2D eigenvalue weighted by atomic mass is 9.98. The first-order valence-corrected chi connectivity index (χ1v) is 8.65. The van der Waals surface area contributed by atoms with Gasteiger partial charge in [0, 0.05) is 12.6 Å². The summed E-state index contributed by atoms with van der Waals surface area (Å²) in [6.45, 7) is 10.5. The van der Waals surface area contributed by atoms with Crippen LogP contribution in [0.25, 0.3) is 0 Å². The summed E-state index contributed by atoms with van der Waals surface area (Å²) in [6.07, 6.45) is 5.91. The molecule has 0 aromatic rings. The van der Waals surface area contributed by atoms with Gasteiger partial charge in [-0.2, -0.15) is 0 Å². The highest BCUT2D eigenvalue weighted by molar-refractivity contribution is 5.83. The van der Waals surface area contributed by atoms with E-state index in [1.54, 1.807) is 17.9 Å². The second-order valence-corrected chi connectivity index (χ2v) is 6.91. The van der Waals surface area contributed by atoms with Crippen molar-refractivity contribution in [2.45, 2.75) is 78.4 Å². The van der Waals surface area contributed by atoms with Crippen LogP contribution in [0.1, 0.15) is 66.7 Å². The first-order valence-electron chi connectivity index (χ1n) is 8.65. The van der Waals surface area contributed by atoms with E-state index in [0.717, 1.165) is 37.7 Å². The van der Waals surface area contributed by atoms with Gasteiger partial charge in [-0.1, -0.05) is 13.3 Å². The molecule has 5 heteroatoms. The number of hydrogen-bond donors (Lipinski definition) is 0. The van der Waals surface area contributed by atoms with Gasteiger partial charge in [-0.15, -0.1) is 0 Å². The number of unbranched alkanes of at least 4 members (excludes halogenated alkanes) is 1. The Morgan fingerprint density at radius 3 is 2.52 bits per heavy atom. The van der Waals surface area contributed by atoms with Gasteiger partial charge in [-0.05, 0) is 59.0 Å². The molecular formula is C18H31NO4. The van der Waals surface area contributed by atoms with E-state index in [4.69, 9.17) is 9.47 Å². The molecule has 1 saturated heterocycles. The van der Waals surface area contributed by atoms with Crippen molar-refractivity contribution in [3.05, 3.63) is 11.6 Å². The van der Waals surface area contributed by atoms with Crippen LogP contribution in [0, 0.1) is 0 Å². The zero-order valence-electron chi connectivity index (χ0n) is 15.2. The molecular weight excluding hydrogens is 294 g/mol. The maximum atomic E-state index is 12.4. The molecule has 5 nitrogen and oxygen atoms in total. The van der Waals surface area contributed by atoms with Crippen molar-refractivity contribution < 1.29 is 19.1 Å². The van der Waals surface area contributed by atoms with Gasteiger partial charge in [-0.3, -0.25) is 0 Å². The third kappa shape index (κ3) is 6.63. The maximum Gasteiger partial charge on any atom is 0.410 e. The van der Waals surface area contributed by atoms with Crippen molar-refractivity contribution in [2.24, 2.45) is 0 Å². The van der Waals surface area contributed by atoms with Crippen LogP contribution >= 0.6 is 0 Å².